The Kier molecular flexibility index (Phi) is 5.56. The average molecular weight is 309 g/mol. The summed E-state index contributed by atoms with van der Waals surface area (Å²) in [6.45, 7) is 1.52. The molecule has 0 unspecified atom stereocenters. The van der Waals surface area contributed by atoms with Crippen LogP contribution in [-0.2, 0) is 0 Å². The van der Waals surface area contributed by atoms with Gasteiger partial charge in [-0.15, -0.1) is 0 Å². The lowest BCUT2D eigenvalue weighted by molar-refractivity contribution is -0.0611. The molecule has 1 aliphatic heterocycles. The Morgan fingerprint density at radius 2 is 1.86 bits per heavy atom. The van der Waals surface area contributed by atoms with Gasteiger partial charge in [-0.25, -0.2) is 15.3 Å². The predicted octanol–water partition coefficient (Wildman–Crippen LogP) is 1.09. The number of ether oxygens (including phenoxy) is 1. The van der Waals surface area contributed by atoms with Crippen LogP contribution >= 0.6 is 0 Å². The molecule has 1 heterocycles. The van der Waals surface area contributed by atoms with Crippen molar-refractivity contribution in [3.8, 4) is 5.75 Å². The third kappa shape index (κ3) is 4.09. The second kappa shape index (κ2) is 7.62. The van der Waals surface area contributed by atoms with Crippen molar-refractivity contribution in [2.45, 2.75) is 12.8 Å². The van der Waals surface area contributed by atoms with Crippen molar-refractivity contribution in [1.82, 2.24) is 15.4 Å². The van der Waals surface area contributed by atoms with Gasteiger partial charge in [-0.05, 0) is 37.1 Å². The lowest BCUT2D eigenvalue weighted by Gasteiger charge is -2.22. The van der Waals surface area contributed by atoms with E-state index < -0.39 is 11.9 Å². The summed E-state index contributed by atoms with van der Waals surface area (Å²) in [5.41, 5.74) is 1.83. The van der Waals surface area contributed by atoms with Crippen LogP contribution in [0.1, 0.15) is 23.2 Å². The van der Waals surface area contributed by atoms with Crippen molar-refractivity contribution in [3.05, 3.63) is 29.8 Å². The highest BCUT2D eigenvalue weighted by Gasteiger charge is 2.22. The number of hydrogen-bond donors (Lipinski definition) is 3. The maximum Gasteiger partial charge on any atom is 0.343 e. The number of nitrogens with zero attached hydrogens (tertiary/aromatic N) is 2. The van der Waals surface area contributed by atoms with Gasteiger partial charge in [0.25, 0.3) is 5.91 Å². The maximum atomic E-state index is 11.8. The third-order valence-corrected chi connectivity index (χ3v) is 3.39. The summed E-state index contributed by atoms with van der Waals surface area (Å²) < 4.78 is 5.39. The highest BCUT2D eigenvalue weighted by Crippen LogP contribution is 2.13. The van der Waals surface area contributed by atoms with Gasteiger partial charge in [0.15, 0.2) is 0 Å². The molecule has 22 heavy (non-hydrogen) atoms. The first-order valence-corrected chi connectivity index (χ1v) is 7.04. The first-order valence-electron chi connectivity index (χ1n) is 7.04. The molecule has 2 rings (SSSR count). The highest BCUT2D eigenvalue weighted by molar-refractivity contribution is 5.93. The number of nitrogens with one attached hydrogen (secondary N) is 1. The van der Waals surface area contributed by atoms with E-state index in [4.69, 9.17) is 9.94 Å². The Hall–Kier alpha value is -2.32. The van der Waals surface area contributed by atoms with Crippen LogP contribution in [0.5, 0.6) is 5.75 Å². The molecular formula is C14H19N3O5. The Labute approximate surface area is 127 Å². The van der Waals surface area contributed by atoms with E-state index in [2.05, 4.69) is 0 Å². The molecule has 0 saturated carbocycles. The smallest absolute Gasteiger partial charge is 0.343 e. The van der Waals surface area contributed by atoms with E-state index in [9.17, 15) is 14.8 Å². The summed E-state index contributed by atoms with van der Waals surface area (Å²) in [6, 6.07) is 5.71. The lowest BCUT2D eigenvalue weighted by Crippen LogP contribution is -2.41. The highest BCUT2D eigenvalue weighted by atomic mass is 16.5. The van der Waals surface area contributed by atoms with E-state index in [0.717, 1.165) is 12.8 Å². The van der Waals surface area contributed by atoms with Gasteiger partial charge < -0.3 is 9.64 Å². The molecule has 3 amide bonds. The zero-order valence-electron chi connectivity index (χ0n) is 12.1. The van der Waals surface area contributed by atoms with Gasteiger partial charge in [0.05, 0.1) is 6.54 Å². The third-order valence-electron chi connectivity index (χ3n) is 3.39. The number of benzene rings is 1. The van der Waals surface area contributed by atoms with Crippen LogP contribution in [0, 0.1) is 0 Å². The molecule has 0 aromatic heterocycles. The molecule has 0 aliphatic carbocycles. The molecule has 8 heteroatoms. The van der Waals surface area contributed by atoms with E-state index in [1.165, 1.54) is 17.6 Å². The summed E-state index contributed by atoms with van der Waals surface area (Å²) in [7, 11) is 0. The van der Waals surface area contributed by atoms with Crippen molar-refractivity contribution < 1.29 is 24.7 Å². The van der Waals surface area contributed by atoms with Crippen molar-refractivity contribution in [2.24, 2.45) is 0 Å². The van der Waals surface area contributed by atoms with Gasteiger partial charge >= 0.3 is 6.03 Å². The van der Waals surface area contributed by atoms with Crippen molar-refractivity contribution in [3.63, 3.8) is 0 Å². The standard InChI is InChI=1S/C14H19N3O5/c18-13(15-20)11-3-5-12(6-4-11)22-10-9-17(21)14(19)16-7-1-2-8-16/h3-6,20-21H,1-2,7-10H2,(H,15,18). The molecule has 0 radical (unpaired) electrons. The Morgan fingerprint density at radius 1 is 1.23 bits per heavy atom. The van der Waals surface area contributed by atoms with Crippen LogP contribution in [-0.4, -0.2) is 58.6 Å². The summed E-state index contributed by atoms with van der Waals surface area (Å²) in [5, 5.41) is 18.8. The van der Waals surface area contributed by atoms with Crippen molar-refractivity contribution in [1.29, 1.82) is 0 Å². The summed E-state index contributed by atoms with van der Waals surface area (Å²) in [5.74, 6) is -0.110. The molecular weight excluding hydrogens is 290 g/mol. The SMILES string of the molecule is O=C(NO)c1ccc(OCCN(O)C(=O)N2CCCC2)cc1. The molecule has 8 nitrogen and oxygen atoms in total. The fourth-order valence-electron chi connectivity index (χ4n) is 2.18. The number of amides is 3. The molecule has 120 valence electrons. The first-order chi connectivity index (χ1) is 10.6. The number of urea groups is 1. The topological polar surface area (TPSA) is 102 Å². The maximum absolute atomic E-state index is 11.8. The van der Waals surface area contributed by atoms with Crippen molar-refractivity contribution >= 4 is 11.9 Å². The van der Waals surface area contributed by atoms with E-state index in [0.29, 0.717) is 29.5 Å². The number of hydrogen-bond acceptors (Lipinski definition) is 5. The monoisotopic (exact) mass is 309 g/mol. The van der Waals surface area contributed by atoms with E-state index in [1.807, 2.05) is 0 Å². The summed E-state index contributed by atoms with van der Waals surface area (Å²) >= 11 is 0. The van der Waals surface area contributed by atoms with Crippen LogP contribution in [0.4, 0.5) is 4.79 Å². The average Bonchev–Trinajstić information content (AvgIpc) is 3.08. The number of carbonyl (C=O) groups is 2. The van der Waals surface area contributed by atoms with Crippen LogP contribution in [0.15, 0.2) is 24.3 Å². The second-order valence-corrected chi connectivity index (χ2v) is 4.91. The van der Waals surface area contributed by atoms with E-state index in [-0.39, 0.29) is 13.2 Å². The number of carbonyl (C=O) groups excluding carboxylic acids is 2. The molecule has 1 aromatic rings. The Morgan fingerprint density at radius 3 is 2.45 bits per heavy atom. The van der Waals surface area contributed by atoms with Crippen molar-refractivity contribution in [2.75, 3.05) is 26.2 Å². The summed E-state index contributed by atoms with van der Waals surface area (Å²) in [4.78, 5) is 24.6. The Balaban J connectivity index is 1.75. The Bertz CT molecular complexity index is 514. The molecule has 1 aliphatic rings. The molecule has 0 spiro atoms. The van der Waals surface area contributed by atoms with Crippen LogP contribution in [0.2, 0.25) is 0 Å². The number of hydroxylamine groups is 3. The predicted molar refractivity (Wildman–Crippen MR) is 75.9 cm³/mol. The van der Waals surface area contributed by atoms with E-state index >= 15 is 0 Å². The van der Waals surface area contributed by atoms with Gasteiger partial charge in [0.1, 0.15) is 12.4 Å². The number of likely N-dealkylation sites (tertiary alicyclic amines) is 1. The fraction of sp³-hybridized carbons (Fsp3) is 0.429. The van der Waals surface area contributed by atoms with Crippen LogP contribution < -0.4 is 10.2 Å². The molecule has 0 bridgehead atoms. The van der Waals surface area contributed by atoms with E-state index in [1.54, 1.807) is 17.0 Å². The molecule has 1 aromatic carbocycles. The molecule has 0 atom stereocenters. The zero-order valence-corrected chi connectivity index (χ0v) is 12.1. The first kappa shape index (κ1) is 16.1. The summed E-state index contributed by atoms with van der Waals surface area (Å²) in [6.07, 6.45) is 1.92. The zero-order chi connectivity index (χ0) is 15.9. The minimum Gasteiger partial charge on any atom is -0.492 e. The number of rotatable bonds is 5. The van der Waals surface area contributed by atoms with Gasteiger partial charge in [-0.1, -0.05) is 0 Å². The van der Waals surface area contributed by atoms with Crippen LogP contribution in [0.25, 0.3) is 0 Å². The largest absolute Gasteiger partial charge is 0.492 e. The molecule has 1 fully saturated rings. The molecule has 1 saturated heterocycles. The van der Waals surface area contributed by atoms with Gasteiger partial charge in [-0.2, -0.15) is 0 Å². The molecule has 3 N–H and O–H groups in total. The van der Waals surface area contributed by atoms with Gasteiger partial charge in [-0.3, -0.25) is 15.2 Å². The van der Waals surface area contributed by atoms with Gasteiger partial charge in [0.2, 0.25) is 0 Å². The normalized spacial score (nSPS) is 13.8. The second-order valence-electron chi connectivity index (χ2n) is 4.91. The van der Waals surface area contributed by atoms with Crippen LogP contribution in [0.3, 0.4) is 0 Å². The quantitative estimate of drug-likeness (QED) is 0.558. The lowest BCUT2D eigenvalue weighted by atomic mass is 10.2. The fourth-order valence-corrected chi connectivity index (χ4v) is 2.18. The van der Waals surface area contributed by atoms with Gasteiger partial charge in [0, 0.05) is 18.7 Å². The minimum atomic E-state index is -0.607. The minimum absolute atomic E-state index is 0.0498.